The van der Waals surface area contributed by atoms with Gasteiger partial charge in [0, 0.05) is 11.2 Å². The number of nitrogens with one attached hydrogen (secondary N) is 1. The van der Waals surface area contributed by atoms with Crippen LogP contribution in [-0.2, 0) is 20.8 Å². The average Bonchev–Trinajstić information content (AvgIpc) is 3.14. The van der Waals surface area contributed by atoms with Gasteiger partial charge in [-0.1, -0.05) is 30.3 Å². The van der Waals surface area contributed by atoms with Crippen molar-refractivity contribution in [3.8, 4) is 0 Å². The Bertz CT molecular complexity index is 944. The van der Waals surface area contributed by atoms with Crippen molar-refractivity contribution in [2.24, 2.45) is 0 Å². The molecule has 1 aromatic heterocycles. The van der Waals surface area contributed by atoms with E-state index in [1.165, 1.54) is 18.4 Å². The van der Waals surface area contributed by atoms with Gasteiger partial charge < -0.3 is 14.8 Å². The monoisotopic (exact) mass is 383 g/mol. The molecule has 7 heteroatoms. The van der Waals surface area contributed by atoms with Gasteiger partial charge in [-0.15, -0.1) is 11.3 Å². The van der Waals surface area contributed by atoms with E-state index in [4.69, 9.17) is 4.74 Å². The first-order valence-corrected chi connectivity index (χ1v) is 8.98. The summed E-state index contributed by atoms with van der Waals surface area (Å²) >= 11 is 1.33. The van der Waals surface area contributed by atoms with Gasteiger partial charge in [-0.3, -0.25) is 4.79 Å². The van der Waals surface area contributed by atoms with Gasteiger partial charge >= 0.3 is 11.9 Å². The zero-order valence-electron chi connectivity index (χ0n) is 14.6. The Kier molecular flexibility index (Phi) is 5.83. The van der Waals surface area contributed by atoms with E-state index in [1.807, 2.05) is 24.3 Å². The van der Waals surface area contributed by atoms with E-state index in [9.17, 15) is 14.4 Å². The summed E-state index contributed by atoms with van der Waals surface area (Å²) in [5, 5.41) is 3.63. The highest BCUT2D eigenvalue weighted by Crippen LogP contribution is 2.25. The maximum atomic E-state index is 12.1. The van der Waals surface area contributed by atoms with Crippen molar-refractivity contribution in [2.75, 3.05) is 13.7 Å². The molecule has 27 heavy (non-hydrogen) atoms. The second-order valence-corrected chi connectivity index (χ2v) is 6.77. The normalized spacial score (nSPS) is 10.4. The number of hydrogen-bond acceptors (Lipinski definition) is 6. The summed E-state index contributed by atoms with van der Waals surface area (Å²) in [7, 11) is 1.32. The van der Waals surface area contributed by atoms with E-state index in [0.29, 0.717) is 10.4 Å². The van der Waals surface area contributed by atoms with Crippen LogP contribution in [0.2, 0.25) is 0 Å². The number of benzene rings is 2. The van der Waals surface area contributed by atoms with Crippen LogP contribution < -0.4 is 5.32 Å². The molecule has 0 aliphatic rings. The molecule has 0 saturated carbocycles. The van der Waals surface area contributed by atoms with Crippen LogP contribution in [0.5, 0.6) is 0 Å². The third kappa shape index (κ3) is 4.71. The van der Waals surface area contributed by atoms with Crippen molar-refractivity contribution in [3.63, 3.8) is 0 Å². The lowest BCUT2D eigenvalue weighted by Gasteiger charge is -2.07. The molecular formula is C20H17NO5S. The van der Waals surface area contributed by atoms with Crippen LogP contribution in [-0.4, -0.2) is 31.6 Å². The van der Waals surface area contributed by atoms with Crippen LogP contribution in [0, 0.1) is 0 Å². The number of fused-ring (bicyclic) bond motifs is 1. The van der Waals surface area contributed by atoms with Crippen molar-refractivity contribution < 1.29 is 23.9 Å². The highest BCUT2D eigenvalue weighted by atomic mass is 32.1. The lowest BCUT2D eigenvalue weighted by Crippen LogP contribution is -2.28. The van der Waals surface area contributed by atoms with Crippen LogP contribution in [0.4, 0.5) is 0 Å². The lowest BCUT2D eigenvalue weighted by molar-refractivity contribution is -0.124. The van der Waals surface area contributed by atoms with E-state index in [0.717, 1.165) is 15.6 Å². The molecule has 1 amide bonds. The summed E-state index contributed by atoms with van der Waals surface area (Å²) in [6.45, 7) is -0.0892. The minimum Gasteiger partial charge on any atom is -0.465 e. The minimum atomic E-state index is -0.520. The molecule has 138 valence electrons. The molecule has 0 unspecified atom stereocenters. The summed E-state index contributed by atoms with van der Waals surface area (Å²) in [6, 6.07) is 16.1. The molecule has 0 bridgehead atoms. The topological polar surface area (TPSA) is 81.7 Å². The second kappa shape index (κ2) is 8.46. The molecule has 1 heterocycles. The molecule has 0 radical (unpaired) electrons. The number of carbonyl (C=O) groups is 3. The van der Waals surface area contributed by atoms with Gasteiger partial charge in [0.1, 0.15) is 4.88 Å². The van der Waals surface area contributed by atoms with Gasteiger partial charge in [-0.2, -0.15) is 0 Å². The molecule has 1 N–H and O–H groups in total. The number of ether oxygens (including phenoxy) is 2. The van der Waals surface area contributed by atoms with E-state index in [1.54, 1.807) is 30.3 Å². The standard InChI is InChI=1S/C20H17NO5S/c1-25-19(23)14-8-6-13(7-9-14)11-21-18(22)12-26-20(24)17-10-15-4-2-3-5-16(15)27-17/h2-10H,11-12H2,1H3,(H,21,22). The molecule has 0 aliphatic heterocycles. The van der Waals surface area contributed by atoms with E-state index < -0.39 is 17.8 Å². The van der Waals surface area contributed by atoms with Gasteiger partial charge in [-0.25, -0.2) is 9.59 Å². The Morgan fingerprint density at radius 2 is 1.74 bits per heavy atom. The van der Waals surface area contributed by atoms with E-state index >= 15 is 0 Å². The Labute approximate surface area is 159 Å². The molecule has 0 aliphatic carbocycles. The Morgan fingerprint density at radius 3 is 2.44 bits per heavy atom. The van der Waals surface area contributed by atoms with Crippen LogP contribution in [0.1, 0.15) is 25.6 Å². The number of esters is 2. The van der Waals surface area contributed by atoms with Gasteiger partial charge in [0.15, 0.2) is 6.61 Å². The number of amides is 1. The molecule has 3 aromatic rings. The molecule has 0 saturated heterocycles. The summed E-state index contributed by atoms with van der Waals surface area (Å²) in [5.74, 6) is -1.34. The number of methoxy groups -OCH3 is 1. The van der Waals surface area contributed by atoms with Gasteiger partial charge in [0.25, 0.3) is 5.91 Å². The van der Waals surface area contributed by atoms with Crippen LogP contribution >= 0.6 is 11.3 Å². The van der Waals surface area contributed by atoms with E-state index in [2.05, 4.69) is 10.1 Å². The highest BCUT2D eigenvalue weighted by molar-refractivity contribution is 7.20. The third-order valence-corrected chi connectivity index (χ3v) is 4.92. The van der Waals surface area contributed by atoms with Crippen molar-refractivity contribution in [1.29, 1.82) is 0 Å². The predicted molar refractivity (Wildman–Crippen MR) is 102 cm³/mol. The SMILES string of the molecule is COC(=O)c1ccc(CNC(=O)COC(=O)c2cc3ccccc3s2)cc1. The minimum absolute atomic E-state index is 0.265. The number of carbonyl (C=O) groups excluding carboxylic acids is 3. The van der Waals surface area contributed by atoms with Gasteiger partial charge in [0.05, 0.1) is 12.7 Å². The zero-order valence-corrected chi connectivity index (χ0v) is 15.4. The molecule has 0 atom stereocenters. The van der Waals surface area contributed by atoms with E-state index in [-0.39, 0.29) is 13.2 Å². The first-order valence-electron chi connectivity index (χ1n) is 8.16. The van der Waals surface area contributed by atoms with Crippen molar-refractivity contribution in [3.05, 3.63) is 70.6 Å². The Morgan fingerprint density at radius 1 is 1.00 bits per heavy atom. The largest absolute Gasteiger partial charge is 0.465 e. The maximum Gasteiger partial charge on any atom is 0.348 e. The third-order valence-electron chi connectivity index (χ3n) is 3.83. The smallest absolute Gasteiger partial charge is 0.348 e. The second-order valence-electron chi connectivity index (χ2n) is 5.69. The fourth-order valence-electron chi connectivity index (χ4n) is 2.41. The Hall–Kier alpha value is -3.19. The predicted octanol–water partition coefficient (Wildman–Crippen LogP) is 3.16. The highest BCUT2D eigenvalue weighted by Gasteiger charge is 2.13. The fourth-order valence-corrected chi connectivity index (χ4v) is 3.37. The maximum absolute atomic E-state index is 12.1. The average molecular weight is 383 g/mol. The first-order chi connectivity index (χ1) is 13.1. The first kappa shape index (κ1) is 18.6. The molecule has 0 fully saturated rings. The molecule has 0 spiro atoms. The van der Waals surface area contributed by atoms with Crippen LogP contribution in [0.3, 0.4) is 0 Å². The van der Waals surface area contributed by atoms with Crippen LogP contribution in [0.25, 0.3) is 10.1 Å². The summed E-state index contributed by atoms with van der Waals surface area (Å²) < 4.78 is 10.7. The van der Waals surface area contributed by atoms with Gasteiger partial charge in [0.2, 0.25) is 0 Å². The van der Waals surface area contributed by atoms with Crippen molar-refractivity contribution in [2.45, 2.75) is 6.54 Å². The number of rotatable bonds is 6. The van der Waals surface area contributed by atoms with Gasteiger partial charge in [-0.05, 0) is 35.2 Å². The summed E-state index contributed by atoms with van der Waals surface area (Å²) in [5.41, 5.74) is 1.25. The molecule has 2 aromatic carbocycles. The molecule has 3 rings (SSSR count). The summed E-state index contributed by atoms with van der Waals surface area (Å²) in [4.78, 5) is 35.8. The number of hydrogen-bond donors (Lipinski definition) is 1. The van der Waals surface area contributed by atoms with Crippen molar-refractivity contribution >= 4 is 39.3 Å². The quantitative estimate of drug-likeness (QED) is 0.661. The molecule has 6 nitrogen and oxygen atoms in total. The van der Waals surface area contributed by atoms with Crippen molar-refractivity contribution in [1.82, 2.24) is 5.32 Å². The Balaban J connectivity index is 1.47. The lowest BCUT2D eigenvalue weighted by atomic mass is 10.1. The zero-order chi connectivity index (χ0) is 19.2. The summed E-state index contributed by atoms with van der Waals surface area (Å²) in [6.07, 6.45) is 0. The number of thiophene rings is 1. The van der Waals surface area contributed by atoms with Crippen LogP contribution in [0.15, 0.2) is 54.6 Å². The fraction of sp³-hybridized carbons (Fsp3) is 0.150. The molecular weight excluding hydrogens is 366 g/mol.